The Morgan fingerprint density at radius 1 is 1.48 bits per heavy atom. The van der Waals surface area contributed by atoms with Gasteiger partial charge in [0.1, 0.15) is 18.7 Å². The average molecular weight is 299 g/mol. The molecular weight excluding hydrogens is 282 g/mol. The molecule has 1 spiro atoms. The molecule has 0 unspecified atom stereocenters. The number of amides is 1. The number of ether oxygens (including phenoxy) is 1. The Morgan fingerprint density at radius 3 is 2.86 bits per heavy atom. The van der Waals surface area contributed by atoms with Crippen LogP contribution in [0.15, 0.2) is 9.98 Å². The first-order valence-corrected chi connectivity index (χ1v) is 6.37. The van der Waals surface area contributed by atoms with Crippen molar-refractivity contribution in [2.45, 2.75) is 30.0 Å². The molecule has 116 valence electrons. The summed E-state index contributed by atoms with van der Waals surface area (Å²) in [6, 6.07) is -1.50. The number of nitrogens with zero attached hydrogens (tertiary/aromatic N) is 3. The molecule has 0 aromatic heterocycles. The first-order valence-electron chi connectivity index (χ1n) is 6.37. The van der Waals surface area contributed by atoms with Gasteiger partial charge in [-0.05, 0) is 0 Å². The van der Waals surface area contributed by atoms with Crippen LogP contribution >= 0.6 is 0 Å². The molecule has 3 atom stereocenters. The van der Waals surface area contributed by atoms with E-state index in [0.717, 1.165) is 0 Å². The average Bonchev–Trinajstić information content (AvgIpc) is 2.85. The van der Waals surface area contributed by atoms with Crippen molar-refractivity contribution in [2.75, 3.05) is 13.2 Å². The number of hydrogen-bond donors (Lipinski definition) is 6. The molecule has 0 radical (unpaired) electrons. The second-order valence-corrected chi connectivity index (χ2v) is 5.25. The normalized spacial score (nSPS) is 36.2. The Hall–Kier alpha value is -2.27. The minimum atomic E-state index is -2.12. The number of carbonyl (C=O) groups excluding carboxylic acids is 1. The number of hydrogen-bond acceptors (Lipinski definition) is 10. The molecule has 21 heavy (non-hydrogen) atoms. The van der Waals surface area contributed by atoms with Gasteiger partial charge in [-0.2, -0.15) is 0 Å². The Balaban J connectivity index is 2.01. The minimum Gasteiger partial charge on any atom is -0.447 e. The molecule has 3 rings (SSSR count). The maximum absolute atomic E-state index is 10.8. The second kappa shape index (κ2) is 4.11. The predicted molar refractivity (Wildman–Crippen MR) is 70.7 cm³/mol. The first-order chi connectivity index (χ1) is 9.78. The minimum absolute atomic E-state index is 0.0355. The third kappa shape index (κ3) is 1.70. The summed E-state index contributed by atoms with van der Waals surface area (Å²) in [6.45, 7) is 0.0862. The van der Waals surface area contributed by atoms with E-state index in [0.29, 0.717) is 0 Å². The number of aliphatic hydroxyl groups is 2. The lowest BCUT2D eigenvalue weighted by molar-refractivity contribution is -0.221. The maximum Gasteiger partial charge on any atom is 0.404 e. The zero-order chi connectivity index (χ0) is 15.4. The van der Waals surface area contributed by atoms with E-state index in [9.17, 15) is 15.0 Å². The van der Waals surface area contributed by atoms with E-state index in [1.165, 1.54) is 4.90 Å². The fourth-order valence-electron chi connectivity index (χ4n) is 3.23. The molecule has 9 N–H and O–H groups in total. The van der Waals surface area contributed by atoms with Crippen molar-refractivity contribution in [1.29, 1.82) is 0 Å². The van der Waals surface area contributed by atoms with Crippen LogP contribution in [0, 0.1) is 0 Å². The van der Waals surface area contributed by atoms with Crippen molar-refractivity contribution < 1.29 is 19.7 Å². The molecule has 3 aliphatic rings. The zero-order valence-corrected chi connectivity index (χ0v) is 11.1. The van der Waals surface area contributed by atoms with E-state index < -0.39 is 29.6 Å². The highest BCUT2D eigenvalue weighted by Gasteiger charge is 2.69. The summed E-state index contributed by atoms with van der Waals surface area (Å²) < 4.78 is 4.74. The van der Waals surface area contributed by atoms with E-state index in [2.05, 4.69) is 15.3 Å². The van der Waals surface area contributed by atoms with E-state index >= 15 is 0 Å². The fourth-order valence-corrected chi connectivity index (χ4v) is 3.23. The van der Waals surface area contributed by atoms with Gasteiger partial charge in [-0.1, -0.05) is 0 Å². The van der Waals surface area contributed by atoms with Gasteiger partial charge in [0.25, 0.3) is 0 Å². The van der Waals surface area contributed by atoms with E-state index in [-0.39, 0.29) is 31.5 Å². The molecule has 0 aromatic carbocycles. The molecule has 0 aliphatic carbocycles. The molecule has 3 heterocycles. The van der Waals surface area contributed by atoms with Crippen LogP contribution in [0.3, 0.4) is 0 Å². The third-order valence-corrected chi connectivity index (χ3v) is 4.08. The van der Waals surface area contributed by atoms with Gasteiger partial charge in [0.15, 0.2) is 17.6 Å². The highest BCUT2D eigenvalue weighted by molar-refractivity contribution is 5.87. The number of rotatable bonds is 2. The van der Waals surface area contributed by atoms with Gasteiger partial charge in [-0.25, -0.2) is 14.8 Å². The molecule has 1 saturated heterocycles. The lowest BCUT2D eigenvalue weighted by atomic mass is 9.87. The predicted octanol–water partition coefficient (Wildman–Crippen LogP) is -3.85. The molecule has 11 heteroatoms. The van der Waals surface area contributed by atoms with Crippen LogP contribution < -0.4 is 22.5 Å². The van der Waals surface area contributed by atoms with Gasteiger partial charge in [-0.15, -0.1) is 0 Å². The Kier molecular flexibility index (Phi) is 2.68. The molecule has 3 aliphatic heterocycles. The van der Waals surface area contributed by atoms with Crippen LogP contribution in [0.2, 0.25) is 0 Å². The summed E-state index contributed by atoms with van der Waals surface area (Å²) in [5.74, 6) is -1.99. The summed E-state index contributed by atoms with van der Waals surface area (Å²) in [5, 5.41) is 23.5. The van der Waals surface area contributed by atoms with Gasteiger partial charge in [0.2, 0.25) is 5.79 Å². The summed E-state index contributed by atoms with van der Waals surface area (Å²) in [5.41, 5.74) is 15.1. The van der Waals surface area contributed by atoms with Crippen molar-refractivity contribution in [3.05, 3.63) is 0 Å². The standard InChI is InChI=1S/C10H17N7O4/c11-6-15-5-4(3-21-8(13)18)14-7(12)17-2-1-9(19,20)10(5,17)16-6/h4-5,19-20H,1-3H2,(H2,12,14)(H2,13,18)(H3,11,15,16)/t4-,5-,10-/m1/s1. The van der Waals surface area contributed by atoms with Gasteiger partial charge in [-0.3, -0.25) is 0 Å². The largest absolute Gasteiger partial charge is 0.447 e. The van der Waals surface area contributed by atoms with Crippen molar-refractivity contribution >= 4 is 18.0 Å². The van der Waals surface area contributed by atoms with Crippen LogP contribution in [0.25, 0.3) is 0 Å². The van der Waals surface area contributed by atoms with E-state index in [4.69, 9.17) is 21.9 Å². The number of nitrogens with one attached hydrogen (secondary N) is 1. The highest BCUT2D eigenvalue weighted by atomic mass is 16.5. The van der Waals surface area contributed by atoms with Gasteiger partial charge in [0, 0.05) is 13.0 Å². The summed E-state index contributed by atoms with van der Waals surface area (Å²) in [6.07, 6.45) is -0.923. The number of guanidine groups is 2. The molecular formula is C10H17N7O4. The molecule has 1 amide bonds. The lowest BCUT2D eigenvalue weighted by Gasteiger charge is -2.48. The highest BCUT2D eigenvalue weighted by Crippen LogP contribution is 2.44. The fraction of sp³-hybridized carbons (Fsp3) is 0.700. The van der Waals surface area contributed by atoms with Crippen molar-refractivity contribution in [1.82, 2.24) is 10.2 Å². The third-order valence-electron chi connectivity index (χ3n) is 4.08. The van der Waals surface area contributed by atoms with Gasteiger partial charge < -0.3 is 42.4 Å². The van der Waals surface area contributed by atoms with Crippen molar-refractivity contribution in [2.24, 2.45) is 27.2 Å². The number of carbonyl (C=O) groups is 1. The van der Waals surface area contributed by atoms with Crippen LogP contribution in [0.4, 0.5) is 4.79 Å². The Labute approximate surface area is 119 Å². The number of primary amides is 1. The summed E-state index contributed by atoms with van der Waals surface area (Å²) >= 11 is 0. The molecule has 1 fully saturated rings. The SMILES string of the molecule is NC(=O)OC[C@H]1N=C(N)N2CCC(O)(O)[C@]23NC(N)=N[C@H]13. The molecule has 11 nitrogen and oxygen atoms in total. The Morgan fingerprint density at radius 2 is 2.19 bits per heavy atom. The molecule has 0 aromatic rings. The molecule has 0 bridgehead atoms. The first kappa shape index (κ1) is 13.7. The quantitative estimate of drug-likeness (QED) is 0.280. The van der Waals surface area contributed by atoms with Crippen LogP contribution in [-0.4, -0.2) is 69.8 Å². The maximum atomic E-state index is 10.8. The zero-order valence-electron chi connectivity index (χ0n) is 11.1. The summed E-state index contributed by atoms with van der Waals surface area (Å²) in [4.78, 5) is 20.6. The topological polar surface area (TPSA) is 185 Å². The van der Waals surface area contributed by atoms with Crippen molar-refractivity contribution in [3.63, 3.8) is 0 Å². The molecule has 0 saturated carbocycles. The second-order valence-electron chi connectivity index (χ2n) is 5.25. The van der Waals surface area contributed by atoms with Crippen molar-refractivity contribution in [3.8, 4) is 0 Å². The number of nitrogens with two attached hydrogens (primary N) is 3. The monoisotopic (exact) mass is 299 g/mol. The van der Waals surface area contributed by atoms with E-state index in [1.807, 2.05) is 0 Å². The van der Waals surface area contributed by atoms with Gasteiger partial charge in [0.05, 0.1) is 0 Å². The smallest absolute Gasteiger partial charge is 0.404 e. The summed E-state index contributed by atoms with van der Waals surface area (Å²) in [7, 11) is 0. The van der Waals surface area contributed by atoms with Crippen LogP contribution in [0.5, 0.6) is 0 Å². The number of aliphatic imine (C=N–C) groups is 2. The van der Waals surface area contributed by atoms with Crippen LogP contribution in [0.1, 0.15) is 6.42 Å². The Bertz CT molecular complexity index is 548. The van der Waals surface area contributed by atoms with Crippen LogP contribution in [-0.2, 0) is 4.74 Å². The van der Waals surface area contributed by atoms with Gasteiger partial charge >= 0.3 is 6.09 Å². The lowest BCUT2D eigenvalue weighted by Crippen LogP contribution is -2.76. The van der Waals surface area contributed by atoms with E-state index in [1.54, 1.807) is 0 Å².